The average Bonchev–Trinajstić information content (AvgIpc) is 2.70. The van der Waals surface area contributed by atoms with Gasteiger partial charge in [-0.15, -0.1) is 0 Å². The second-order valence-corrected chi connectivity index (χ2v) is 5.90. The van der Waals surface area contributed by atoms with Gasteiger partial charge in [0.2, 0.25) is 0 Å². The van der Waals surface area contributed by atoms with Crippen molar-refractivity contribution in [2.24, 2.45) is 0 Å². The van der Waals surface area contributed by atoms with E-state index in [9.17, 15) is 4.79 Å². The summed E-state index contributed by atoms with van der Waals surface area (Å²) in [5, 5.41) is 14.6. The van der Waals surface area contributed by atoms with E-state index in [4.69, 9.17) is 5.26 Å². The van der Waals surface area contributed by atoms with Gasteiger partial charge in [-0.1, -0.05) is 60.7 Å². The van der Waals surface area contributed by atoms with Gasteiger partial charge in [-0.3, -0.25) is 0 Å². The minimum absolute atomic E-state index is 0.0733. The number of hydrogen-bond donors (Lipinski definition) is 2. The summed E-state index contributed by atoms with van der Waals surface area (Å²) in [7, 11) is 0. The molecule has 0 saturated carbocycles. The van der Waals surface area contributed by atoms with E-state index in [1.54, 1.807) is 24.3 Å². The smallest absolute Gasteiger partial charge is 0.319 e. The molecular formula is C22H19N3O. The Morgan fingerprint density at radius 1 is 0.846 bits per heavy atom. The van der Waals surface area contributed by atoms with E-state index >= 15 is 0 Å². The molecule has 0 aromatic heterocycles. The third-order valence-corrected chi connectivity index (χ3v) is 4.14. The maximum Gasteiger partial charge on any atom is 0.319 e. The molecule has 0 radical (unpaired) electrons. The number of benzene rings is 3. The molecule has 0 aliphatic rings. The average molecular weight is 341 g/mol. The first kappa shape index (κ1) is 17.2. The van der Waals surface area contributed by atoms with Crippen LogP contribution in [0.3, 0.4) is 0 Å². The summed E-state index contributed by atoms with van der Waals surface area (Å²) in [6.07, 6.45) is 0. The predicted molar refractivity (Wildman–Crippen MR) is 103 cm³/mol. The Morgan fingerprint density at radius 3 is 1.88 bits per heavy atom. The topological polar surface area (TPSA) is 64.9 Å². The summed E-state index contributed by atoms with van der Waals surface area (Å²) >= 11 is 0. The van der Waals surface area contributed by atoms with Gasteiger partial charge in [0.25, 0.3) is 0 Å². The summed E-state index contributed by atoms with van der Waals surface area (Å²) in [4.78, 5) is 12.2. The number of nitriles is 1. The highest BCUT2D eigenvalue weighted by Gasteiger charge is 2.15. The highest BCUT2D eigenvalue weighted by Crippen LogP contribution is 2.23. The Bertz CT molecular complexity index is 845. The number of carbonyl (C=O) groups excluding carboxylic acids is 1. The van der Waals surface area contributed by atoms with Crippen molar-refractivity contribution >= 4 is 11.7 Å². The molecule has 128 valence electrons. The van der Waals surface area contributed by atoms with Gasteiger partial charge in [-0.2, -0.15) is 5.26 Å². The molecule has 0 atom stereocenters. The number of anilines is 1. The van der Waals surface area contributed by atoms with E-state index in [0.717, 1.165) is 11.1 Å². The van der Waals surface area contributed by atoms with Gasteiger partial charge in [0.15, 0.2) is 0 Å². The van der Waals surface area contributed by atoms with E-state index in [2.05, 4.69) is 41.0 Å². The molecule has 0 aliphatic heterocycles. The second kappa shape index (κ2) is 8.50. The lowest BCUT2D eigenvalue weighted by molar-refractivity contribution is 0.252. The first-order valence-electron chi connectivity index (χ1n) is 8.41. The fourth-order valence-electron chi connectivity index (χ4n) is 2.80. The zero-order valence-corrected chi connectivity index (χ0v) is 14.2. The predicted octanol–water partition coefficient (Wildman–Crippen LogP) is 4.51. The van der Waals surface area contributed by atoms with Crippen molar-refractivity contribution in [1.82, 2.24) is 5.32 Å². The monoisotopic (exact) mass is 341 g/mol. The molecule has 0 fully saturated rings. The summed E-state index contributed by atoms with van der Waals surface area (Å²) in [5.41, 5.74) is 3.51. The van der Waals surface area contributed by atoms with Crippen molar-refractivity contribution in [3.8, 4) is 6.07 Å². The van der Waals surface area contributed by atoms with E-state index in [1.165, 1.54) is 0 Å². The zero-order chi connectivity index (χ0) is 18.2. The van der Waals surface area contributed by atoms with Crippen LogP contribution < -0.4 is 10.6 Å². The molecule has 0 heterocycles. The first-order valence-corrected chi connectivity index (χ1v) is 8.41. The van der Waals surface area contributed by atoms with Gasteiger partial charge in [0, 0.05) is 18.2 Å². The Morgan fingerprint density at radius 2 is 1.38 bits per heavy atom. The lowest BCUT2D eigenvalue weighted by Crippen LogP contribution is -2.32. The van der Waals surface area contributed by atoms with E-state index in [-0.39, 0.29) is 11.9 Å². The normalized spacial score (nSPS) is 10.2. The minimum Gasteiger partial charge on any atom is -0.337 e. The van der Waals surface area contributed by atoms with Crippen molar-refractivity contribution in [3.05, 3.63) is 102 Å². The van der Waals surface area contributed by atoms with Crippen molar-refractivity contribution < 1.29 is 4.79 Å². The Labute approximate surface area is 153 Å². The van der Waals surface area contributed by atoms with Gasteiger partial charge < -0.3 is 10.6 Å². The molecule has 3 aromatic rings. The number of rotatable bonds is 5. The second-order valence-electron chi connectivity index (χ2n) is 5.90. The molecule has 2 amide bonds. The third-order valence-electron chi connectivity index (χ3n) is 4.14. The van der Waals surface area contributed by atoms with Crippen LogP contribution >= 0.6 is 0 Å². The summed E-state index contributed by atoms with van der Waals surface area (Å²) < 4.78 is 0. The van der Waals surface area contributed by atoms with Crippen LogP contribution in [0.15, 0.2) is 84.9 Å². The van der Waals surface area contributed by atoms with Crippen LogP contribution in [-0.4, -0.2) is 12.6 Å². The van der Waals surface area contributed by atoms with Gasteiger partial charge >= 0.3 is 6.03 Å². The van der Waals surface area contributed by atoms with Crippen LogP contribution in [0, 0.1) is 11.3 Å². The summed E-state index contributed by atoms with van der Waals surface area (Å²) in [5.74, 6) is 0.0733. The molecule has 3 rings (SSSR count). The quantitative estimate of drug-likeness (QED) is 0.717. The number of carbonyl (C=O) groups is 1. The number of hydrogen-bond acceptors (Lipinski definition) is 2. The lowest BCUT2D eigenvalue weighted by Gasteiger charge is -2.19. The molecule has 0 spiro atoms. The SMILES string of the molecule is N#Cc1ccc(NC(=O)NCC(c2ccccc2)c2ccccc2)cc1. The molecule has 0 unspecified atom stereocenters. The molecule has 2 N–H and O–H groups in total. The molecule has 0 aliphatic carbocycles. The van der Waals surface area contributed by atoms with Crippen molar-refractivity contribution in [3.63, 3.8) is 0 Å². The van der Waals surface area contributed by atoms with Crippen molar-refractivity contribution in [1.29, 1.82) is 5.26 Å². The number of nitrogens with zero attached hydrogens (tertiary/aromatic N) is 1. The van der Waals surface area contributed by atoms with E-state index in [1.807, 2.05) is 36.4 Å². The number of nitrogens with one attached hydrogen (secondary N) is 2. The van der Waals surface area contributed by atoms with Gasteiger partial charge in [0.1, 0.15) is 0 Å². The maximum atomic E-state index is 12.2. The first-order chi connectivity index (χ1) is 12.8. The van der Waals surface area contributed by atoms with Crippen LogP contribution in [0.4, 0.5) is 10.5 Å². The standard InChI is InChI=1S/C22H19N3O/c23-15-17-11-13-20(14-12-17)25-22(26)24-16-21(18-7-3-1-4-8-18)19-9-5-2-6-10-19/h1-14,21H,16H2,(H2,24,25,26). The van der Waals surface area contributed by atoms with Gasteiger partial charge in [-0.25, -0.2) is 4.79 Å². The maximum absolute atomic E-state index is 12.2. The van der Waals surface area contributed by atoms with E-state index < -0.39 is 0 Å². The molecular weight excluding hydrogens is 322 g/mol. The fraction of sp³-hybridized carbons (Fsp3) is 0.0909. The molecule has 4 nitrogen and oxygen atoms in total. The lowest BCUT2D eigenvalue weighted by atomic mass is 9.91. The largest absolute Gasteiger partial charge is 0.337 e. The van der Waals surface area contributed by atoms with Gasteiger partial charge in [-0.05, 0) is 35.4 Å². The van der Waals surface area contributed by atoms with Crippen LogP contribution in [0.25, 0.3) is 0 Å². The van der Waals surface area contributed by atoms with Gasteiger partial charge in [0.05, 0.1) is 11.6 Å². The van der Waals surface area contributed by atoms with Crippen LogP contribution in [0.2, 0.25) is 0 Å². The Kier molecular flexibility index (Phi) is 5.64. The summed E-state index contributed by atoms with van der Waals surface area (Å²) in [6, 6.07) is 28.8. The molecule has 3 aromatic carbocycles. The Hall–Kier alpha value is -3.58. The molecule has 26 heavy (non-hydrogen) atoms. The highest BCUT2D eigenvalue weighted by molar-refractivity contribution is 5.89. The minimum atomic E-state index is -0.272. The summed E-state index contributed by atoms with van der Waals surface area (Å²) in [6.45, 7) is 0.482. The van der Waals surface area contributed by atoms with Crippen molar-refractivity contribution in [2.45, 2.75) is 5.92 Å². The molecule has 0 bridgehead atoms. The molecule has 0 saturated heterocycles. The van der Waals surface area contributed by atoms with Crippen LogP contribution in [0.5, 0.6) is 0 Å². The molecule has 4 heteroatoms. The van der Waals surface area contributed by atoms with Crippen LogP contribution in [-0.2, 0) is 0 Å². The number of amides is 2. The van der Waals surface area contributed by atoms with E-state index in [0.29, 0.717) is 17.8 Å². The fourth-order valence-corrected chi connectivity index (χ4v) is 2.80. The third kappa shape index (κ3) is 4.49. The zero-order valence-electron chi connectivity index (χ0n) is 14.2. The number of urea groups is 1. The Balaban J connectivity index is 1.67. The van der Waals surface area contributed by atoms with Crippen molar-refractivity contribution in [2.75, 3.05) is 11.9 Å². The van der Waals surface area contributed by atoms with Crippen LogP contribution in [0.1, 0.15) is 22.6 Å². The highest BCUT2D eigenvalue weighted by atomic mass is 16.2.